The molecule has 49 valence electrons. The Morgan fingerprint density at radius 3 is 1.33 bits per heavy atom. The molecule has 0 amide bonds. The van der Waals surface area contributed by atoms with Crippen molar-refractivity contribution in [1.82, 2.24) is 0 Å². The Morgan fingerprint density at radius 1 is 1.22 bits per heavy atom. The van der Waals surface area contributed by atoms with Gasteiger partial charge in [-0.1, -0.05) is 0 Å². The maximum absolute atomic E-state index is 3.72. The molecule has 0 aromatic heterocycles. The summed E-state index contributed by atoms with van der Waals surface area (Å²) in [4.78, 5) is 0. The predicted molar refractivity (Wildman–Crippen MR) is 28.8 cm³/mol. The molecule has 0 bridgehead atoms. The van der Waals surface area contributed by atoms with Crippen molar-refractivity contribution in [1.29, 1.82) is 0 Å². The molecule has 0 aliphatic heterocycles. The molecule has 0 unspecified atom stereocenters. The summed E-state index contributed by atoms with van der Waals surface area (Å²) in [6, 6.07) is 0. The second-order valence-electron chi connectivity index (χ2n) is 2.06. The van der Waals surface area contributed by atoms with Crippen molar-refractivity contribution >= 4 is 0 Å². The van der Waals surface area contributed by atoms with Gasteiger partial charge in [-0.3, -0.25) is 0 Å². The molecular formula is C6H11VY2-3. The van der Waals surface area contributed by atoms with Crippen LogP contribution in [0.4, 0.5) is 0 Å². The van der Waals surface area contributed by atoms with Crippen molar-refractivity contribution in [3.05, 3.63) is 20.8 Å². The van der Waals surface area contributed by atoms with Crippen LogP contribution in [-0.4, -0.2) is 0 Å². The van der Waals surface area contributed by atoms with Crippen LogP contribution >= 0.6 is 0 Å². The minimum Gasteiger partial charge on any atom is -0.369 e. The van der Waals surface area contributed by atoms with Crippen LogP contribution in [0, 0.1) is 26.2 Å². The van der Waals surface area contributed by atoms with Gasteiger partial charge in [0.1, 0.15) is 0 Å². The van der Waals surface area contributed by atoms with Crippen LogP contribution < -0.4 is 0 Å². The van der Waals surface area contributed by atoms with Crippen LogP contribution in [0.25, 0.3) is 0 Å². The Hall–Kier alpha value is 2.79. The summed E-state index contributed by atoms with van der Waals surface area (Å²) in [6.45, 7) is 13.0. The summed E-state index contributed by atoms with van der Waals surface area (Å²) in [5.74, 6) is 0. The average molecular weight is 312 g/mol. The van der Waals surface area contributed by atoms with Gasteiger partial charge in [-0.25, -0.2) is 6.42 Å². The molecule has 0 heterocycles. The van der Waals surface area contributed by atoms with Crippen molar-refractivity contribution in [2.24, 2.45) is 5.41 Å². The van der Waals surface area contributed by atoms with E-state index in [1.807, 2.05) is 6.92 Å². The summed E-state index contributed by atoms with van der Waals surface area (Å²) in [5.41, 5.74) is -0.0694. The predicted octanol–water partition coefficient (Wildman–Crippen LogP) is 1.88. The van der Waals surface area contributed by atoms with E-state index in [0.717, 1.165) is 6.42 Å². The van der Waals surface area contributed by atoms with Gasteiger partial charge < -0.3 is 26.2 Å². The van der Waals surface area contributed by atoms with E-state index in [9.17, 15) is 0 Å². The van der Waals surface area contributed by atoms with Gasteiger partial charge in [0.05, 0.1) is 0 Å². The molecule has 0 N–H and O–H groups in total. The van der Waals surface area contributed by atoms with Crippen molar-refractivity contribution in [2.45, 2.75) is 13.3 Å². The first-order valence-electron chi connectivity index (χ1n) is 2.06. The molecule has 0 aromatic carbocycles. The van der Waals surface area contributed by atoms with Crippen LogP contribution in [0.3, 0.4) is 0 Å². The zero-order chi connectivity index (χ0) is 5.21. The van der Waals surface area contributed by atoms with E-state index >= 15 is 0 Å². The number of rotatable bonds is 1. The van der Waals surface area contributed by atoms with Gasteiger partial charge in [0.15, 0.2) is 0 Å². The zero-order valence-corrected chi connectivity index (χ0v) is 13.0. The molecule has 0 nitrogen and oxygen atoms in total. The molecule has 0 rings (SSSR count). The van der Waals surface area contributed by atoms with Crippen molar-refractivity contribution < 1.29 is 84.0 Å². The quantitative estimate of drug-likeness (QED) is 0.649. The first kappa shape index (κ1) is 22.6. The Bertz CT molecular complexity index is 40.8. The zero-order valence-electron chi connectivity index (χ0n) is 5.93. The van der Waals surface area contributed by atoms with Gasteiger partial charge in [-0.2, -0.15) is 0 Å². The monoisotopic (exact) mass is 312 g/mol. The maximum Gasteiger partial charge on any atom is 0 e. The van der Waals surface area contributed by atoms with E-state index in [4.69, 9.17) is 0 Å². The summed E-state index contributed by atoms with van der Waals surface area (Å²) in [7, 11) is 0. The van der Waals surface area contributed by atoms with Gasteiger partial charge in [0.2, 0.25) is 0 Å². The fourth-order valence-corrected chi connectivity index (χ4v) is 0. The molecule has 0 fully saturated rings. The largest absolute Gasteiger partial charge is 0.369 e. The van der Waals surface area contributed by atoms with Crippen molar-refractivity contribution in [3.8, 4) is 0 Å². The van der Waals surface area contributed by atoms with Gasteiger partial charge in [0.25, 0.3) is 0 Å². The second kappa shape index (κ2) is 10.8. The molecule has 0 aliphatic carbocycles. The first-order valence-corrected chi connectivity index (χ1v) is 2.06. The SMILES string of the molecule is [CH2-]CC([CH2-])([CH2-])C.[V].[Y].[Y]. The second-order valence-corrected chi connectivity index (χ2v) is 2.06. The Labute approximate surface area is 121 Å². The third-order valence-electron chi connectivity index (χ3n) is 0.604. The topological polar surface area (TPSA) is 0 Å². The van der Waals surface area contributed by atoms with Gasteiger partial charge in [-0.05, 0) is 0 Å². The summed E-state index contributed by atoms with van der Waals surface area (Å²) >= 11 is 0. The third-order valence-corrected chi connectivity index (χ3v) is 0.604. The molecule has 9 heavy (non-hydrogen) atoms. The Morgan fingerprint density at radius 2 is 1.33 bits per heavy atom. The van der Waals surface area contributed by atoms with E-state index in [1.54, 1.807) is 0 Å². The van der Waals surface area contributed by atoms with Crippen LogP contribution in [0.2, 0.25) is 0 Å². The van der Waals surface area contributed by atoms with E-state index < -0.39 is 0 Å². The van der Waals surface area contributed by atoms with Crippen LogP contribution in [0.1, 0.15) is 13.3 Å². The maximum atomic E-state index is 3.72. The summed E-state index contributed by atoms with van der Waals surface area (Å²) < 4.78 is 0. The minimum absolute atomic E-state index is 0. The normalized spacial score (nSPS) is 8.00. The van der Waals surface area contributed by atoms with E-state index in [1.165, 1.54) is 0 Å². The first-order chi connectivity index (χ1) is 2.56. The van der Waals surface area contributed by atoms with Crippen LogP contribution in [0.5, 0.6) is 0 Å². The fraction of sp³-hybridized carbons (Fsp3) is 0.500. The fourth-order valence-electron chi connectivity index (χ4n) is 0. The molecule has 0 aromatic rings. The van der Waals surface area contributed by atoms with Gasteiger partial charge in [0, 0.05) is 84.0 Å². The summed E-state index contributed by atoms with van der Waals surface area (Å²) in [5, 5.41) is 0. The van der Waals surface area contributed by atoms with Crippen LogP contribution in [0.15, 0.2) is 0 Å². The number of hydrogen-bond donors (Lipinski definition) is 0. The average Bonchev–Trinajstić information content (AvgIpc) is 1.35. The van der Waals surface area contributed by atoms with Crippen LogP contribution in [-0.2, 0) is 84.0 Å². The molecule has 0 saturated carbocycles. The Balaban J connectivity index is -0.0000000417. The molecule has 0 saturated heterocycles. The van der Waals surface area contributed by atoms with E-state index in [0.29, 0.717) is 0 Å². The molecule has 0 atom stereocenters. The molecule has 3 heteroatoms. The van der Waals surface area contributed by atoms with E-state index in [-0.39, 0.29) is 89.4 Å². The molecule has 0 spiro atoms. The molecule has 0 aliphatic rings. The number of hydrogen-bond acceptors (Lipinski definition) is 0. The smallest absolute Gasteiger partial charge is 0 e. The van der Waals surface area contributed by atoms with E-state index in [2.05, 4.69) is 20.8 Å². The standard InChI is InChI=1S/C6H11.V.2Y/c1-5-6(2,3)4;;;/h1-3,5H2,4H3;;;/q-3;;;. The third kappa shape index (κ3) is 24.9. The summed E-state index contributed by atoms with van der Waals surface area (Å²) in [6.07, 6.45) is 0.799. The minimum atomic E-state index is -0.0694. The van der Waals surface area contributed by atoms with Crippen molar-refractivity contribution in [2.75, 3.05) is 0 Å². The molecular weight excluding hydrogens is 301 g/mol. The van der Waals surface area contributed by atoms with Gasteiger partial charge in [-0.15, -0.1) is 6.92 Å². The van der Waals surface area contributed by atoms with Gasteiger partial charge >= 0.3 is 0 Å². The molecule has 3 radical (unpaired) electrons. The van der Waals surface area contributed by atoms with Crippen molar-refractivity contribution in [3.63, 3.8) is 0 Å². The Kier molecular flexibility index (Phi) is 27.1.